The van der Waals surface area contributed by atoms with Crippen molar-refractivity contribution in [2.24, 2.45) is 5.92 Å². The Labute approximate surface area is 224 Å². The first kappa shape index (κ1) is 29.0. The number of hydrogen-bond acceptors (Lipinski definition) is 8. The van der Waals surface area contributed by atoms with Gasteiger partial charge in [0.25, 0.3) is 0 Å². The van der Waals surface area contributed by atoms with E-state index in [0.29, 0.717) is 47.5 Å². The number of nitrogens with one attached hydrogen (secondary N) is 1. The van der Waals surface area contributed by atoms with Crippen molar-refractivity contribution in [1.82, 2.24) is 9.62 Å². The summed E-state index contributed by atoms with van der Waals surface area (Å²) in [5, 5.41) is 0.422. The molecule has 0 bridgehead atoms. The maximum atomic E-state index is 11.7. The molecular formula is C26H36ClN3O6S. The molecule has 1 unspecified atom stereocenters. The Morgan fingerprint density at radius 3 is 2.35 bits per heavy atom. The molecule has 0 aliphatic carbocycles. The molecule has 1 heterocycles. The number of carbonyl (C=O) groups is 1. The largest absolute Gasteiger partial charge is 0.497 e. The van der Waals surface area contributed by atoms with Gasteiger partial charge in [-0.1, -0.05) is 11.6 Å². The molecule has 1 aliphatic rings. The molecule has 0 spiro atoms. The van der Waals surface area contributed by atoms with E-state index in [1.54, 1.807) is 26.4 Å². The van der Waals surface area contributed by atoms with E-state index < -0.39 is 10.0 Å². The van der Waals surface area contributed by atoms with Gasteiger partial charge in [-0.15, -0.1) is 0 Å². The molecule has 204 valence electrons. The summed E-state index contributed by atoms with van der Waals surface area (Å²) in [4.78, 5) is 13.9. The first-order valence-electron chi connectivity index (χ1n) is 12.2. The van der Waals surface area contributed by atoms with Crippen LogP contribution in [0.3, 0.4) is 0 Å². The lowest BCUT2D eigenvalue weighted by Crippen LogP contribution is -2.40. The number of hydrogen-bond donors (Lipinski definition) is 2. The second kappa shape index (κ2) is 13.3. The number of rotatable bonds is 13. The third-order valence-electron chi connectivity index (χ3n) is 6.68. The van der Waals surface area contributed by atoms with Crippen LogP contribution in [-0.4, -0.2) is 66.3 Å². The van der Waals surface area contributed by atoms with Crippen LogP contribution in [0, 0.1) is 5.92 Å². The maximum Gasteiger partial charge on any atom is 0.208 e. The summed E-state index contributed by atoms with van der Waals surface area (Å²) in [6.07, 6.45) is 4.17. The normalized spacial score (nSPS) is 15.8. The summed E-state index contributed by atoms with van der Waals surface area (Å²) in [5.41, 5.74) is 8.24. The number of nitrogens with two attached hydrogens (primary N) is 1. The van der Waals surface area contributed by atoms with Crippen LogP contribution in [0.25, 0.3) is 0 Å². The van der Waals surface area contributed by atoms with Crippen LogP contribution in [0.5, 0.6) is 17.2 Å². The average molecular weight is 554 g/mol. The van der Waals surface area contributed by atoms with Gasteiger partial charge in [0.05, 0.1) is 31.2 Å². The molecule has 0 radical (unpaired) electrons. The van der Waals surface area contributed by atoms with Crippen molar-refractivity contribution in [2.75, 3.05) is 52.4 Å². The lowest BCUT2D eigenvalue weighted by Gasteiger charge is -2.36. The van der Waals surface area contributed by atoms with Crippen LogP contribution < -0.4 is 24.7 Å². The average Bonchev–Trinajstić information content (AvgIpc) is 2.87. The Hall–Kier alpha value is -2.53. The van der Waals surface area contributed by atoms with Crippen molar-refractivity contribution >= 4 is 33.6 Å². The lowest BCUT2D eigenvalue weighted by molar-refractivity contribution is -0.108. The number of methoxy groups -OCH3 is 2. The van der Waals surface area contributed by atoms with E-state index in [1.165, 1.54) is 0 Å². The van der Waals surface area contributed by atoms with Crippen molar-refractivity contribution in [1.29, 1.82) is 0 Å². The summed E-state index contributed by atoms with van der Waals surface area (Å²) in [6, 6.07) is 9.07. The number of nitrogen functional groups attached to an aromatic ring is 1. The topological polar surface area (TPSA) is 120 Å². The first-order chi connectivity index (χ1) is 17.6. The number of benzene rings is 2. The lowest BCUT2D eigenvalue weighted by atomic mass is 9.78. The van der Waals surface area contributed by atoms with Crippen molar-refractivity contribution in [2.45, 2.75) is 31.8 Å². The van der Waals surface area contributed by atoms with Gasteiger partial charge in [0.15, 0.2) is 0 Å². The molecule has 1 saturated heterocycles. The minimum Gasteiger partial charge on any atom is -0.497 e. The fourth-order valence-electron chi connectivity index (χ4n) is 4.76. The minimum absolute atomic E-state index is 0.0817. The Balaban J connectivity index is 1.76. The van der Waals surface area contributed by atoms with Crippen LogP contribution >= 0.6 is 11.6 Å². The Morgan fingerprint density at radius 2 is 1.78 bits per heavy atom. The van der Waals surface area contributed by atoms with E-state index in [4.69, 9.17) is 31.5 Å². The standard InChI is InChI=1S/C26H36ClN3O6S/c1-34-20-12-18(13-21(14-20)35-2)17-36-26-16-25(28)24(27)15-23(26)22(6-11-31)19-4-8-30(9-5-19)10-7-29-37(3,32)33/h11-16,19,22,29H,4-10,17,28H2,1-3H3. The van der Waals surface area contributed by atoms with Gasteiger partial charge in [0.1, 0.15) is 30.1 Å². The maximum absolute atomic E-state index is 11.7. The smallest absolute Gasteiger partial charge is 0.208 e. The number of sulfonamides is 1. The summed E-state index contributed by atoms with van der Waals surface area (Å²) in [6.45, 7) is 2.90. The highest BCUT2D eigenvalue weighted by molar-refractivity contribution is 7.88. The summed E-state index contributed by atoms with van der Waals surface area (Å²) >= 11 is 6.42. The van der Waals surface area contributed by atoms with E-state index >= 15 is 0 Å². The predicted molar refractivity (Wildman–Crippen MR) is 145 cm³/mol. The van der Waals surface area contributed by atoms with E-state index in [2.05, 4.69) is 9.62 Å². The van der Waals surface area contributed by atoms with Crippen molar-refractivity contribution in [3.05, 3.63) is 46.5 Å². The van der Waals surface area contributed by atoms with Crippen LogP contribution in [-0.2, 0) is 21.4 Å². The Bertz CT molecular complexity index is 1150. The van der Waals surface area contributed by atoms with Crippen molar-refractivity contribution < 1.29 is 27.4 Å². The second-order valence-corrected chi connectivity index (χ2v) is 11.5. The summed E-state index contributed by atoms with van der Waals surface area (Å²) < 4.78 is 42.1. The van der Waals surface area contributed by atoms with Crippen LogP contribution in [0.1, 0.15) is 36.3 Å². The van der Waals surface area contributed by atoms with E-state index in [1.807, 2.05) is 18.2 Å². The quantitative estimate of drug-likeness (QED) is 0.286. The van der Waals surface area contributed by atoms with Crippen molar-refractivity contribution in [3.63, 3.8) is 0 Å². The highest BCUT2D eigenvalue weighted by Crippen LogP contribution is 2.42. The van der Waals surface area contributed by atoms with Gasteiger partial charge in [-0.25, -0.2) is 13.1 Å². The molecule has 1 aliphatic heterocycles. The van der Waals surface area contributed by atoms with Gasteiger partial charge in [-0.3, -0.25) is 0 Å². The molecule has 0 saturated carbocycles. The second-order valence-electron chi connectivity index (χ2n) is 9.28. The van der Waals surface area contributed by atoms with Gasteiger partial charge in [0.2, 0.25) is 10.0 Å². The first-order valence-corrected chi connectivity index (χ1v) is 14.4. The fraction of sp³-hybridized carbons (Fsp3) is 0.500. The van der Waals surface area contributed by atoms with Gasteiger partial charge >= 0.3 is 0 Å². The Kier molecular flexibility index (Phi) is 10.5. The SMILES string of the molecule is COc1cc(COc2cc(N)c(Cl)cc2C(CC=O)C2CCN(CCNS(C)(=O)=O)CC2)cc(OC)c1. The fourth-order valence-corrected chi connectivity index (χ4v) is 5.39. The van der Waals surface area contributed by atoms with Crippen LogP contribution in [0.2, 0.25) is 5.02 Å². The zero-order valence-corrected chi connectivity index (χ0v) is 23.1. The minimum atomic E-state index is -3.20. The Morgan fingerprint density at radius 1 is 1.14 bits per heavy atom. The number of aldehydes is 1. The monoisotopic (exact) mass is 553 g/mol. The number of ether oxygens (including phenoxy) is 3. The summed E-state index contributed by atoms with van der Waals surface area (Å²) in [5.74, 6) is 2.07. The zero-order chi connectivity index (χ0) is 27.0. The number of likely N-dealkylation sites (tertiary alicyclic amines) is 1. The van der Waals surface area contributed by atoms with Crippen LogP contribution in [0.15, 0.2) is 30.3 Å². The predicted octanol–water partition coefficient (Wildman–Crippen LogP) is 3.45. The molecular weight excluding hydrogens is 518 g/mol. The molecule has 37 heavy (non-hydrogen) atoms. The van der Waals surface area contributed by atoms with E-state index in [0.717, 1.165) is 49.6 Å². The molecule has 2 aromatic carbocycles. The molecule has 3 rings (SSSR count). The number of halogens is 1. The van der Waals surface area contributed by atoms with E-state index in [9.17, 15) is 13.2 Å². The number of piperidine rings is 1. The van der Waals surface area contributed by atoms with Gasteiger partial charge < -0.3 is 29.6 Å². The summed E-state index contributed by atoms with van der Waals surface area (Å²) in [7, 11) is -0.0202. The molecule has 0 amide bonds. The van der Waals surface area contributed by atoms with Crippen LogP contribution in [0.4, 0.5) is 5.69 Å². The molecule has 3 N–H and O–H groups in total. The van der Waals surface area contributed by atoms with Gasteiger partial charge in [-0.05, 0) is 67.1 Å². The van der Waals surface area contributed by atoms with Gasteiger partial charge in [0, 0.05) is 31.6 Å². The number of nitrogens with zero attached hydrogens (tertiary/aromatic N) is 1. The molecule has 1 atom stereocenters. The van der Waals surface area contributed by atoms with Gasteiger partial charge in [-0.2, -0.15) is 0 Å². The molecule has 9 nitrogen and oxygen atoms in total. The number of anilines is 1. The third-order valence-corrected chi connectivity index (χ3v) is 7.73. The highest BCUT2D eigenvalue weighted by atomic mass is 35.5. The van der Waals surface area contributed by atoms with E-state index in [-0.39, 0.29) is 18.4 Å². The molecule has 1 fully saturated rings. The molecule has 0 aromatic heterocycles. The van der Waals surface area contributed by atoms with Crippen molar-refractivity contribution in [3.8, 4) is 17.2 Å². The number of carbonyl (C=O) groups excluding carboxylic acids is 1. The molecule has 2 aromatic rings. The highest BCUT2D eigenvalue weighted by Gasteiger charge is 2.30. The zero-order valence-electron chi connectivity index (χ0n) is 21.5. The third kappa shape index (κ3) is 8.49. The molecule has 11 heteroatoms.